The number of amides is 1. The number of rotatable bonds is 5. The van der Waals surface area contributed by atoms with Crippen LogP contribution in [-0.4, -0.2) is 31.6 Å². The van der Waals surface area contributed by atoms with Gasteiger partial charge in [0.15, 0.2) is 5.65 Å². The molecule has 4 rings (SSSR count). The molecule has 0 radical (unpaired) electrons. The third kappa shape index (κ3) is 3.21. The van der Waals surface area contributed by atoms with Crippen molar-refractivity contribution in [2.75, 3.05) is 6.54 Å². The third-order valence-electron chi connectivity index (χ3n) is 4.71. The van der Waals surface area contributed by atoms with Gasteiger partial charge in [-0.15, -0.1) is 10.2 Å². The van der Waals surface area contributed by atoms with Crippen LogP contribution in [0.15, 0.2) is 60.8 Å². The molecule has 0 atom stereocenters. The molecule has 27 heavy (non-hydrogen) atoms. The second kappa shape index (κ2) is 7.07. The number of hydrogen-bond acceptors (Lipinski definition) is 3. The molecule has 0 unspecified atom stereocenters. The molecule has 4 aromatic rings. The van der Waals surface area contributed by atoms with Crippen LogP contribution in [0.2, 0.25) is 0 Å². The number of pyridine rings is 1. The number of carbonyl (C=O) groups is 1. The van der Waals surface area contributed by atoms with Crippen LogP contribution in [0.4, 0.5) is 0 Å². The molecule has 0 spiro atoms. The highest BCUT2D eigenvalue weighted by molar-refractivity contribution is 5.95. The number of nitrogens with zero attached hydrogens (tertiary/aromatic N) is 4. The molecular formula is C21H21N5O. The highest BCUT2D eigenvalue weighted by atomic mass is 16.1. The first-order valence-electron chi connectivity index (χ1n) is 8.96. The lowest BCUT2D eigenvalue weighted by molar-refractivity contribution is 0.0953. The van der Waals surface area contributed by atoms with Gasteiger partial charge in [0.2, 0.25) is 0 Å². The number of aromatic nitrogens is 4. The van der Waals surface area contributed by atoms with Gasteiger partial charge in [-0.25, -0.2) is 0 Å². The molecule has 6 heteroatoms. The summed E-state index contributed by atoms with van der Waals surface area (Å²) < 4.78 is 4.04. The van der Waals surface area contributed by atoms with Gasteiger partial charge in [-0.05, 0) is 44.2 Å². The Morgan fingerprint density at radius 3 is 2.63 bits per heavy atom. The summed E-state index contributed by atoms with van der Waals surface area (Å²) in [5.74, 6) is 0.764. The van der Waals surface area contributed by atoms with E-state index in [9.17, 15) is 4.79 Å². The molecular weight excluding hydrogens is 338 g/mol. The first-order valence-corrected chi connectivity index (χ1v) is 8.96. The summed E-state index contributed by atoms with van der Waals surface area (Å²) in [7, 11) is 0. The van der Waals surface area contributed by atoms with E-state index in [1.165, 1.54) is 0 Å². The second-order valence-corrected chi connectivity index (χ2v) is 6.51. The van der Waals surface area contributed by atoms with E-state index in [-0.39, 0.29) is 5.91 Å². The van der Waals surface area contributed by atoms with Gasteiger partial charge in [-0.1, -0.05) is 24.3 Å². The monoisotopic (exact) mass is 359 g/mol. The van der Waals surface area contributed by atoms with Crippen molar-refractivity contribution >= 4 is 11.6 Å². The van der Waals surface area contributed by atoms with E-state index in [1.807, 2.05) is 79.0 Å². The van der Waals surface area contributed by atoms with Crippen molar-refractivity contribution in [3.05, 3.63) is 83.6 Å². The standard InChI is InChI=1S/C21H21N5O/c1-15-14-18(16(2)26(15)17-8-4-3-5-9-17)21(27)22-12-11-20-24-23-19-10-6-7-13-25(19)20/h3-10,13-14H,11-12H2,1-2H3,(H,22,27). The molecule has 0 saturated carbocycles. The Labute approximate surface area is 157 Å². The van der Waals surface area contributed by atoms with E-state index in [0.29, 0.717) is 18.5 Å². The van der Waals surface area contributed by atoms with Crippen LogP contribution in [0.1, 0.15) is 27.6 Å². The van der Waals surface area contributed by atoms with Gasteiger partial charge in [-0.3, -0.25) is 9.20 Å². The van der Waals surface area contributed by atoms with Crippen LogP contribution < -0.4 is 5.32 Å². The van der Waals surface area contributed by atoms with Crippen LogP contribution in [0.3, 0.4) is 0 Å². The molecule has 0 fully saturated rings. The Kier molecular flexibility index (Phi) is 4.46. The van der Waals surface area contributed by atoms with Crippen molar-refractivity contribution in [3.8, 4) is 5.69 Å². The highest BCUT2D eigenvalue weighted by Gasteiger charge is 2.16. The number of carbonyl (C=O) groups excluding carboxylic acids is 1. The summed E-state index contributed by atoms with van der Waals surface area (Å²) in [5.41, 5.74) is 4.53. The molecule has 1 amide bonds. The van der Waals surface area contributed by atoms with Crippen LogP contribution in [0.5, 0.6) is 0 Å². The van der Waals surface area contributed by atoms with E-state index in [2.05, 4.69) is 20.1 Å². The maximum absolute atomic E-state index is 12.7. The molecule has 136 valence electrons. The third-order valence-corrected chi connectivity index (χ3v) is 4.71. The molecule has 0 bridgehead atoms. The summed E-state index contributed by atoms with van der Waals surface area (Å²) in [6, 6.07) is 17.8. The van der Waals surface area contributed by atoms with E-state index >= 15 is 0 Å². The average molecular weight is 359 g/mol. The quantitative estimate of drug-likeness (QED) is 0.595. The van der Waals surface area contributed by atoms with Gasteiger partial charge < -0.3 is 9.88 Å². The molecule has 0 aliphatic carbocycles. The fourth-order valence-corrected chi connectivity index (χ4v) is 3.41. The first kappa shape index (κ1) is 17.0. The van der Waals surface area contributed by atoms with Crippen molar-refractivity contribution in [2.24, 2.45) is 0 Å². The smallest absolute Gasteiger partial charge is 0.253 e. The number of hydrogen-bond donors (Lipinski definition) is 1. The lowest BCUT2D eigenvalue weighted by Crippen LogP contribution is -2.26. The van der Waals surface area contributed by atoms with E-state index in [1.54, 1.807) is 0 Å². The molecule has 3 aromatic heterocycles. The SMILES string of the molecule is Cc1cc(C(=O)NCCc2nnc3ccccn23)c(C)n1-c1ccccc1. The van der Waals surface area contributed by atoms with Crippen molar-refractivity contribution in [2.45, 2.75) is 20.3 Å². The summed E-state index contributed by atoms with van der Waals surface area (Å²) >= 11 is 0. The van der Waals surface area contributed by atoms with Gasteiger partial charge >= 0.3 is 0 Å². The highest BCUT2D eigenvalue weighted by Crippen LogP contribution is 2.20. The molecule has 6 nitrogen and oxygen atoms in total. The van der Waals surface area contributed by atoms with Gasteiger partial charge in [0, 0.05) is 36.2 Å². The van der Waals surface area contributed by atoms with Crippen LogP contribution in [0.25, 0.3) is 11.3 Å². The van der Waals surface area contributed by atoms with Crippen molar-refractivity contribution in [1.29, 1.82) is 0 Å². The van der Waals surface area contributed by atoms with Gasteiger partial charge in [0.1, 0.15) is 5.82 Å². The minimum absolute atomic E-state index is 0.0703. The molecule has 1 aromatic carbocycles. The number of aryl methyl sites for hydroxylation is 1. The number of para-hydroxylation sites is 1. The minimum Gasteiger partial charge on any atom is -0.352 e. The topological polar surface area (TPSA) is 64.2 Å². The van der Waals surface area contributed by atoms with E-state index in [0.717, 1.165) is 28.5 Å². The second-order valence-electron chi connectivity index (χ2n) is 6.51. The predicted octanol–water partition coefficient (Wildman–Crippen LogP) is 3.11. The summed E-state index contributed by atoms with van der Waals surface area (Å²) in [4.78, 5) is 12.7. The normalized spacial score (nSPS) is 11.0. The Morgan fingerprint density at radius 2 is 1.81 bits per heavy atom. The minimum atomic E-state index is -0.0703. The molecule has 0 aliphatic heterocycles. The van der Waals surface area contributed by atoms with Crippen LogP contribution >= 0.6 is 0 Å². The Hall–Kier alpha value is -3.41. The number of nitrogens with one attached hydrogen (secondary N) is 1. The molecule has 0 aliphatic rings. The molecule has 0 saturated heterocycles. The fourth-order valence-electron chi connectivity index (χ4n) is 3.41. The van der Waals surface area contributed by atoms with Crippen molar-refractivity contribution in [1.82, 2.24) is 24.5 Å². The predicted molar refractivity (Wildman–Crippen MR) is 104 cm³/mol. The summed E-state index contributed by atoms with van der Waals surface area (Å²) in [6.45, 7) is 4.49. The first-order chi connectivity index (χ1) is 13.1. The zero-order chi connectivity index (χ0) is 18.8. The Morgan fingerprint density at radius 1 is 1.04 bits per heavy atom. The fraction of sp³-hybridized carbons (Fsp3) is 0.190. The van der Waals surface area contributed by atoms with E-state index in [4.69, 9.17) is 0 Å². The largest absolute Gasteiger partial charge is 0.352 e. The van der Waals surface area contributed by atoms with Gasteiger partial charge in [0.05, 0.1) is 5.56 Å². The number of benzene rings is 1. The molecule has 1 N–H and O–H groups in total. The maximum Gasteiger partial charge on any atom is 0.253 e. The van der Waals surface area contributed by atoms with Crippen LogP contribution in [-0.2, 0) is 6.42 Å². The lowest BCUT2D eigenvalue weighted by atomic mass is 10.2. The zero-order valence-corrected chi connectivity index (χ0v) is 15.4. The van der Waals surface area contributed by atoms with E-state index < -0.39 is 0 Å². The zero-order valence-electron chi connectivity index (χ0n) is 15.4. The lowest BCUT2D eigenvalue weighted by Gasteiger charge is -2.10. The van der Waals surface area contributed by atoms with Crippen molar-refractivity contribution in [3.63, 3.8) is 0 Å². The number of fused-ring (bicyclic) bond motifs is 1. The Balaban J connectivity index is 1.47. The summed E-state index contributed by atoms with van der Waals surface area (Å²) in [6.07, 6.45) is 2.55. The Bertz CT molecular complexity index is 1090. The average Bonchev–Trinajstić information content (AvgIpc) is 3.23. The van der Waals surface area contributed by atoms with Crippen LogP contribution in [0, 0.1) is 13.8 Å². The maximum atomic E-state index is 12.7. The van der Waals surface area contributed by atoms with Gasteiger partial charge in [0.25, 0.3) is 5.91 Å². The molecule has 3 heterocycles. The summed E-state index contributed by atoms with van der Waals surface area (Å²) in [5, 5.41) is 11.3. The van der Waals surface area contributed by atoms with Gasteiger partial charge in [-0.2, -0.15) is 0 Å². The van der Waals surface area contributed by atoms with Crippen molar-refractivity contribution < 1.29 is 4.79 Å².